The summed E-state index contributed by atoms with van der Waals surface area (Å²) in [5, 5.41) is 7.05. The number of hydrogen-bond donors (Lipinski definition) is 1. The first kappa shape index (κ1) is 13.3. The van der Waals surface area contributed by atoms with E-state index in [0.717, 1.165) is 11.4 Å². The summed E-state index contributed by atoms with van der Waals surface area (Å²) in [6.07, 6.45) is 1.73. The Morgan fingerprint density at radius 3 is 2.37 bits per heavy atom. The Kier molecular flexibility index (Phi) is 3.69. The van der Waals surface area contributed by atoms with Gasteiger partial charge in [-0.1, -0.05) is 26.0 Å². The second-order valence-electron chi connectivity index (χ2n) is 5.03. The molecule has 1 heterocycles. The normalized spacial score (nSPS) is 10.8. The number of anilines is 1. The molecular formula is C15H19N3O. The molecule has 1 aromatic heterocycles. The maximum Gasteiger partial charge on any atom is 0.259 e. The molecule has 2 aromatic rings. The van der Waals surface area contributed by atoms with Gasteiger partial charge in [0.15, 0.2) is 0 Å². The van der Waals surface area contributed by atoms with Gasteiger partial charge >= 0.3 is 0 Å². The molecule has 0 spiro atoms. The van der Waals surface area contributed by atoms with E-state index < -0.39 is 0 Å². The molecule has 0 atom stereocenters. The predicted molar refractivity (Wildman–Crippen MR) is 76.4 cm³/mol. The van der Waals surface area contributed by atoms with Crippen LogP contribution >= 0.6 is 0 Å². The van der Waals surface area contributed by atoms with Crippen molar-refractivity contribution in [1.29, 1.82) is 0 Å². The largest absolute Gasteiger partial charge is 0.322 e. The van der Waals surface area contributed by atoms with E-state index in [1.54, 1.807) is 17.9 Å². The summed E-state index contributed by atoms with van der Waals surface area (Å²) in [6, 6.07) is 7.94. The van der Waals surface area contributed by atoms with E-state index >= 15 is 0 Å². The van der Waals surface area contributed by atoms with Crippen molar-refractivity contribution in [2.45, 2.75) is 26.7 Å². The SMILES string of the molecule is Cc1nn(C)cc1C(=O)Nc1ccc(C(C)C)cc1. The van der Waals surface area contributed by atoms with Gasteiger partial charge in [-0.2, -0.15) is 5.10 Å². The summed E-state index contributed by atoms with van der Waals surface area (Å²) in [6.45, 7) is 6.12. The number of aromatic nitrogens is 2. The fraction of sp³-hybridized carbons (Fsp3) is 0.333. The standard InChI is InChI=1S/C15H19N3O/c1-10(2)12-5-7-13(8-6-12)16-15(19)14-9-18(4)17-11(14)3/h5-10H,1-4H3,(H,16,19). The highest BCUT2D eigenvalue weighted by Gasteiger charge is 2.12. The van der Waals surface area contributed by atoms with Crippen molar-refractivity contribution in [2.24, 2.45) is 7.05 Å². The molecule has 0 aliphatic carbocycles. The molecule has 0 radical (unpaired) electrons. The number of benzene rings is 1. The van der Waals surface area contributed by atoms with Crippen LogP contribution in [0.2, 0.25) is 0 Å². The second-order valence-corrected chi connectivity index (χ2v) is 5.03. The van der Waals surface area contributed by atoms with Gasteiger partial charge in [0.25, 0.3) is 5.91 Å². The molecule has 2 rings (SSSR count). The molecule has 0 aliphatic heterocycles. The van der Waals surface area contributed by atoms with Crippen LogP contribution in [0, 0.1) is 6.92 Å². The quantitative estimate of drug-likeness (QED) is 0.918. The third-order valence-corrected chi connectivity index (χ3v) is 3.09. The Bertz CT molecular complexity index is 582. The lowest BCUT2D eigenvalue weighted by Gasteiger charge is -2.08. The zero-order valence-electron chi connectivity index (χ0n) is 11.8. The molecule has 0 saturated heterocycles. The molecule has 4 heteroatoms. The molecule has 0 saturated carbocycles. The van der Waals surface area contributed by atoms with Gasteiger partial charge in [0.1, 0.15) is 0 Å². The first-order chi connectivity index (χ1) is 8.97. The molecule has 0 bridgehead atoms. The lowest BCUT2D eigenvalue weighted by molar-refractivity contribution is 0.102. The summed E-state index contributed by atoms with van der Waals surface area (Å²) >= 11 is 0. The smallest absolute Gasteiger partial charge is 0.259 e. The lowest BCUT2D eigenvalue weighted by Crippen LogP contribution is -2.12. The Hall–Kier alpha value is -2.10. The zero-order chi connectivity index (χ0) is 14.0. The fourth-order valence-corrected chi connectivity index (χ4v) is 1.97. The van der Waals surface area contributed by atoms with Gasteiger partial charge in [-0.05, 0) is 30.5 Å². The van der Waals surface area contributed by atoms with Crippen LogP contribution < -0.4 is 5.32 Å². The van der Waals surface area contributed by atoms with E-state index in [9.17, 15) is 4.79 Å². The molecule has 0 unspecified atom stereocenters. The highest BCUT2D eigenvalue weighted by Crippen LogP contribution is 2.18. The third-order valence-electron chi connectivity index (χ3n) is 3.09. The van der Waals surface area contributed by atoms with Crippen LogP contribution in [0.25, 0.3) is 0 Å². The number of carbonyl (C=O) groups excluding carboxylic acids is 1. The summed E-state index contributed by atoms with van der Waals surface area (Å²) in [4.78, 5) is 12.1. The average Bonchev–Trinajstić information content (AvgIpc) is 2.69. The van der Waals surface area contributed by atoms with E-state index in [4.69, 9.17) is 0 Å². The number of nitrogens with one attached hydrogen (secondary N) is 1. The van der Waals surface area contributed by atoms with Crippen molar-refractivity contribution in [3.8, 4) is 0 Å². The van der Waals surface area contributed by atoms with Crippen molar-refractivity contribution < 1.29 is 4.79 Å². The topological polar surface area (TPSA) is 46.9 Å². The molecular weight excluding hydrogens is 238 g/mol. The minimum atomic E-state index is -0.122. The molecule has 0 fully saturated rings. The van der Waals surface area contributed by atoms with Crippen molar-refractivity contribution >= 4 is 11.6 Å². The van der Waals surface area contributed by atoms with E-state index in [0.29, 0.717) is 11.5 Å². The molecule has 1 amide bonds. The second kappa shape index (κ2) is 5.26. The van der Waals surface area contributed by atoms with Crippen molar-refractivity contribution in [1.82, 2.24) is 9.78 Å². The summed E-state index contributed by atoms with van der Waals surface area (Å²) in [7, 11) is 1.81. The van der Waals surface area contributed by atoms with Crippen LogP contribution in [-0.2, 0) is 7.05 Å². The van der Waals surface area contributed by atoms with Gasteiger partial charge in [0.05, 0.1) is 11.3 Å². The maximum atomic E-state index is 12.1. The van der Waals surface area contributed by atoms with E-state index in [1.807, 2.05) is 31.2 Å². The number of aryl methyl sites for hydroxylation is 2. The van der Waals surface area contributed by atoms with E-state index in [2.05, 4.69) is 24.3 Å². The van der Waals surface area contributed by atoms with Gasteiger partial charge in [0.2, 0.25) is 0 Å². The van der Waals surface area contributed by atoms with Crippen LogP contribution in [0.1, 0.15) is 41.4 Å². The van der Waals surface area contributed by atoms with Crippen LogP contribution in [0.5, 0.6) is 0 Å². The highest BCUT2D eigenvalue weighted by atomic mass is 16.1. The van der Waals surface area contributed by atoms with Gasteiger partial charge in [-0.25, -0.2) is 0 Å². The van der Waals surface area contributed by atoms with Crippen molar-refractivity contribution in [3.63, 3.8) is 0 Å². The maximum absolute atomic E-state index is 12.1. The molecule has 4 nitrogen and oxygen atoms in total. The Morgan fingerprint density at radius 1 is 1.26 bits per heavy atom. The van der Waals surface area contributed by atoms with Gasteiger partial charge in [0, 0.05) is 18.9 Å². The fourth-order valence-electron chi connectivity index (χ4n) is 1.97. The van der Waals surface area contributed by atoms with Crippen LogP contribution in [0.4, 0.5) is 5.69 Å². The Balaban J connectivity index is 2.13. The molecule has 0 aliphatic rings. The minimum Gasteiger partial charge on any atom is -0.322 e. The molecule has 100 valence electrons. The molecule has 19 heavy (non-hydrogen) atoms. The zero-order valence-corrected chi connectivity index (χ0v) is 11.8. The minimum absolute atomic E-state index is 0.122. The predicted octanol–water partition coefficient (Wildman–Crippen LogP) is 3.10. The first-order valence-electron chi connectivity index (χ1n) is 6.39. The van der Waals surface area contributed by atoms with Crippen molar-refractivity contribution in [2.75, 3.05) is 5.32 Å². The van der Waals surface area contributed by atoms with Crippen LogP contribution in [0.3, 0.4) is 0 Å². The Labute approximate surface area is 113 Å². The van der Waals surface area contributed by atoms with Crippen LogP contribution in [0.15, 0.2) is 30.5 Å². The monoisotopic (exact) mass is 257 g/mol. The number of amides is 1. The molecule has 1 aromatic carbocycles. The number of rotatable bonds is 3. The van der Waals surface area contributed by atoms with Gasteiger partial charge in [-0.15, -0.1) is 0 Å². The lowest BCUT2D eigenvalue weighted by atomic mass is 10.0. The van der Waals surface area contributed by atoms with Gasteiger partial charge in [-0.3, -0.25) is 9.48 Å². The van der Waals surface area contributed by atoms with Crippen molar-refractivity contribution in [3.05, 3.63) is 47.3 Å². The highest BCUT2D eigenvalue weighted by molar-refractivity contribution is 6.04. The average molecular weight is 257 g/mol. The van der Waals surface area contributed by atoms with Crippen LogP contribution in [-0.4, -0.2) is 15.7 Å². The first-order valence-corrected chi connectivity index (χ1v) is 6.39. The third kappa shape index (κ3) is 3.02. The Morgan fingerprint density at radius 2 is 1.89 bits per heavy atom. The summed E-state index contributed by atoms with van der Waals surface area (Å²) in [5.74, 6) is 0.369. The number of nitrogens with zero attached hydrogens (tertiary/aromatic N) is 2. The molecule has 1 N–H and O–H groups in total. The van der Waals surface area contributed by atoms with E-state index in [-0.39, 0.29) is 5.91 Å². The number of carbonyl (C=O) groups is 1. The summed E-state index contributed by atoms with van der Waals surface area (Å²) < 4.78 is 1.64. The van der Waals surface area contributed by atoms with E-state index in [1.165, 1.54) is 5.56 Å². The summed E-state index contributed by atoms with van der Waals surface area (Å²) in [5.41, 5.74) is 3.41. The van der Waals surface area contributed by atoms with Gasteiger partial charge < -0.3 is 5.32 Å². The number of hydrogen-bond acceptors (Lipinski definition) is 2.